The first-order chi connectivity index (χ1) is 14.1. The second-order valence-corrected chi connectivity index (χ2v) is 7.37. The minimum Gasteiger partial charge on any atom is -0.340 e. The van der Waals surface area contributed by atoms with Gasteiger partial charge < -0.3 is 15.2 Å². The van der Waals surface area contributed by atoms with Gasteiger partial charge in [-0.05, 0) is 24.1 Å². The zero-order valence-electron chi connectivity index (χ0n) is 15.6. The standard InChI is InChI=1S/C20H18F6N4/c21-13-4-5-29(10-16(13)27)19-28-17-7-14(22)15(23)8-18(17)30(19)9-11-2-1-3-12(6-11)20(24,25)26/h1-3,6-8,13,16H,4-5,9-10,27H2. The molecule has 0 radical (unpaired) electrons. The lowest BCUT2D eigenvalue weighted by Crippen LogP contribution is -2.50. The van der Waals surface area contributed by atoms with Gasteiger partial charge in [0.1, 0.15) is 6.17 Å². The van der Waals surface area contributed by atoms with E-state index in [-0.39, 0.29) is 43.0 Å². The molecule has 10 heteroatoms. The third-order valence-electron chi connectivity index (χ3n) is 5.22. The topological polar surface area (TPSA) is 47.1 Å². The average molecular weight is 428 g/mol. The summed E-state index contributed by atoms with van der Waals surface area (Å²) < 4.78 is 82.2. The van der Waals surface area contributed by atoms with Gasteiger partial charge in [-0.1, -0.05) is 12.1 Å². The molecule has 160 valence electrons. The summed E-state index contributed by atoms with van der Waals surface area (Å²) >= 11 is 0. The van der Waals surface area contributed by atoms with Crippen LogP contribution in [0.25, 0.3) is 11.0 Å². The zero-order chi connectivity index (χ0) is 21.6. The van der Waals surface area contributed by atoms with Gasteiger partial charge in [0.15, 0.2) is 11.6 Å². The molecule has 1 aliphatic heterocycles. The zero-order valence-corrected chi connectivity index (χ0v) is 15.6. The molecule has 0 spiro atoms. The van der Waals surface area contributed by atoms with Crippen molar-refractivity contribution in [3.05, 3.63) is 59.2 Å². The monoisotopic (exact) mass is 428 g/mol. The molecule has 2 heterocycles. The maximum atomic E-state index is 13.9. The van der Waals surface area contributed by atoms with Crippen LogP contribution >= 0.6 is 0 Å². The summed E-state index contributed by atoms with van der Waals surface area (Å²) in [6.07, 6.45) is -5.55. The lowest BCUT2D eigenvalue weighted by molar-refractivity contribution is -0.137. The van der Waals surface area contributed by atoms with E-state index in [1.807, 2.05) is 0 Å². The number of halogens is 6. The van der Waals surface area contributed by atoms with Crippen LogP contribution in [0.4, 0.5) is 32.3 Å². The van der Waals surface area contributed by atoms with Gasteiger partial charge in [0.25, 0.3) is 0 Å². The first kappa shape index (κ1) is 20.5. The number of anilines is 1. The fraction of sp³-hybridized carbons (Fsp3) is 0.350. The van der Waals surface area contributed by atoms with Crippen molar-refractivity contribution in [1.29, 1.82) is 0 Å². The van der Waals surface area contributed by atoms with Crippen molar-refractivity contribution in [3.63, 3.8) is 0 Å². The SMILES string of the molecule is NC1CN(c2nc3cc(F)c(F)cc3n2Cc2cccc(C(F)(F)F)c2)CCC1F. The quantitative estimate of drug-likeness (QED) is 0.635. The molecule has 30 heavy (non-hydrogen) atoms. The Balaban J connectivity index is 1.80. The maximum Gasteiger partial charge on any atom is 0.416 e. The Hall–Kier alpha value is -2.75. The minimum atomic E-state index is -4.51. The van der Waals surface area contributed by atoms with E-state index in [0.717, 1.165) is 24.3 Å². The lowest BCUT2D eigenvalue weighted by Gasteiger charge is -2.34. The van der Waals surface area contributed by atoms with Gasteiger partial charge in [-0.15, -0.1) is 0 Å². The van der Waals surface area contributed by atoms with E-state index >= 15 is 0 Å². The molecule has 4 rings (SSSR count). The fourth-order valence-electron chi connectivity index (χ4n) is 3.67. The van der Waals surface area contributed by atoms with Crippen molar-refractivity contribution >= 4 is 17.0 Å². The van der Waals surface area contributed by atoms with Crippen LogP contribution in [0, 0.1) is 11.6 Å². The van der Waals surface area contributed by atoms with Gasteiger partial charge >= 0.3 is 6.18 Å². The largest absolute Gasteiger partial charge is 0.416 e. The Morgan fingerprint density at radius 1 is 1.10 bits per heavy atom. The van der Waals surface area contributed by atoms with Crippen LogP contribution in [-0.4, -0.2) is 34.9 Å². The van der Waals surface area contributed by atoms with E-state index in [2.05, 4.69) is 4.98 Å². The van der Waals surface area contributed by atoms with Gasteiger partial charge in [-0.25, -0.2) is 18.2 Å². The Kier molecular flexibility index (Phi) is 5.13. The third-order valence-corrected chi connectivity index (χ3v) is 5.22. The van der Waals surface area contributed by atoms with Crippen molar-refractivity contribution in [3.8, 4) is 0 Å². The molecule has 2 aromatic carbocycles. The van der Waals surface area contributed by atoms with Gasteiger partial charge in [-0.3, -0.25) is 0 Å². The number of hydrogen-bond acceptors (Lipinski definition) is 3. The number of nitrogens with zero attached hydrogens (tertiary/aromatic N) is 3. The molecule has 2 unspecified atom stereocenters. The molecule has 0 amide bonds. The Morgan fingerprint density at radius 2 is 1.83 bits per heavy atom. The van der Waals surface area contributed by atoms with Crippen molar-refractivity contribution in [1.82, 2.24) is 9.55 Å². The van der Waals surface area contributed by atoms with E-state index in [0.29, 0.717) is 5.56 Å². The lowest BCUT2D eigenvalue weighted by atomic mass is 10.1. The molecule has 2 atom stereocenters. The molecule has 0 bridgehead atoms. The number of hydrogen-bond donors (Lipinski definition) is 1. The summed E-state index contributed by atoms with van der Waals surface area (Å²) in [6, 6.07) is 5.85. The molecule has 0 aliphatic carbocycles. The first-order valence-corrected chi connectivity index (χ1v) is 9.29. The summed E-state index contributed by atoms with van der Waals surface area (Å²) in [4.78, 5) is 6.03. The summed E-state index contributed by atoms with van der Waals surface area (Å²) in [6.45, 7) is 0.329. The molecule has 1 saturated heterocycles. The molecule has 1 fully saturated rings. The summed E-state index contributed by atoms with van der Waals surface area (Å²) in [5, 5.41) is 0. The highest BCUT2D eigenvalue weighted by Gasteiger charge is 2.31. The van der Waals surface area contributed by atoms with Crippen LogP contribution in [0.2, 0.25) is 0 Å². The minimum absolute atomic E-state index is 0.0639. The van der Waals surface area contributed by atoms with Crippen molar-refractivity contribution in [2.45, 2.75) is 31.4 Å². The smallest absolute Gasteiger partial charge is 0.340 e. The van der Waals surface area contributed by atoms with Crippen LogP contribution in [0.3, 0.4) is 0 Å². The van der Waals surface area contributed by atoms with E-state index < -0.39 is 35.6 Å². The number of fused-ring (bicyclic) bond motifs is 1. The van der Waals surface area contributed by atoms with Gasteiger partial charge in [-0.2, -0.15) is 13.2 Å². The summed E-state index contributed by atoms with van der Waals surface area (Å²) in [5.41, 5.74) is 5.67. The Morgan fingerprint density at radius 3 is 2.53 bits per heavy atom. The van der Waals surface area contributed by atoms with E-state index in [4.69, 9.17) is 5.73 Å². The number of alkyl halides is 4. The van der Waals surface area contributed by atoms with Crippen LogP contribution in [0.1, 0.15) is 17.5 Å². The van der Waals surface area contributed by atoms with E-state index in [1.54, 1.807) is 4.90 Å². The van der Waals surface area contributed by atoms with Crippen molar-refractivity contribution in [2.75, 3.05) is 18.0 Å². The highest BCUT2D eigenvalue weighted by Crippen LogP contribution is 2.32. The van der Waals surface area contributed by atoms with Crippen molar-refractivity contribution in [2.24, 2.45) is 5.73 Å². The molecule has 3 aromatic rings. The number of nitrogens with two attached hydrogens (primary N) is 1. The molecule has 4 nitrogen and oxygen atoms in total. The summed E-state index contributed by atoms with van der Waals surface area (Å²) in [5.74, 6) is -1.91. The number of benzene rings is 2. The first-order valence-electron chi connectivity index (χ1n) is 9.29. The Labute approximate surface area is 167 Å². The predicted octanol–water partition coefficient (Wildman–Crippen LogP) is 4.26. The third kappa shape index (κ3) is 3.83. The second-order valence-electron chi connectivity index (χ2n) is 7.37. The number of aromatic nitrogens is 2. The molecular weight excluding hydrogens is 410 g/mol. The number of piperidine rings is 1. The summed E-state index contributed by atoms with van der Waals surface area (Å²) in [7, 11) is 0. The molecular formula is C20H18F6N4. The average Bonchev–Trinajstić information content (AvgIpc) is 3.01. The molecule has 1 aromatic heterocycles. The van der Waals surface area contributed by atoms with Crippen LogP contribution < -0.4 is 10.6 Å². The van der Waals surface area contributed by atoms with E-state index in [9.17, 15) is 26.3 Å². The highest BCUT2D eigenvalue weighted by molar-refractivity contribution is 5.79. The maximum absolute atomic E-state index is 13.9. The normalized spacial score (nSPS) is 20.2. The van der Waals surface area contributed by atoms with E-state index in [1.165, 1.54) is 16.7 Å². The van der Waals surface area contributed by atoms with Crippen LogP contribution in [-0.2, 0) is 12.7 Å². The second kappa shape index (κ2) is 7.50. The van der Waals surface area contributed by atoms with Crippen molar-refractivity contribution < 1.29 is 26.3 Å². The van der Waals surface area contributed by atoms with Gasteiger partial charge in [0.2, 0.25) is 5.95 Å². The number of imidazole rings is 1. The van der Waals surface area contributed by atoms with Crippen LogP contribution in [0.5, 0.6) is 0 Å². The highest BCUT2D eigenvalue weighted by atomic mass is 19.4. The van der Waals surface area contributed by atoms with Crippen LogP contribution in [0.15, 0.2) is 36.4 Å². The van der Waals surface area contributed by atoms with Gasteiger partial charge in [0.05, 0.1) is 29.2 Å². The molecule has 1 aliphatic rings. The fourth-order valence-corrected chi connectivity index (χ4v) is 3.67. The van der Waals surface area contributed by atoms with Gasteiger partial charge in [0, 0.05) is 25.2 Å². The Bertz CT molecular complexity index is 1080. The molecule has 2 N–H and O–H groups in total. The number of rotatable bonds is 3. The predicted molar refractivity (Wildman–Crippen MR) is 99.9 cm³/mol. The molecule has 0 saturated carbocycles.